The second kappa shape index (κ2) is 9.76. The van der Waals surface area contributed by atoms with Gasteiger partial charge in [0.05, 0.1) is 5.69 Å². The Morgan fingerprint density at radius 1 is 0.741 bits per heavy atom. The van der Waals surface area contributed by atoms with Crippen LogP contribution in [0.4, 0.5) is 5.69 Å². The molecule has 0 aromatic heterocycles. The first-order valence-electron chi connectivity index (χ1n) is 9.31. The van der Waals surface area contributed by atoms with E-state index in [-0.39, 0.29) is 0 Å². The fraction of sp³-hybridized carbons (Fsp3) is 0.304. The summed E-state index contributed by atoms with van der Waals surface area (Å²) in [7, 11) is -1.34. The second-order valence-electron chi connectivity index (χ2n) is 7.20. The molecule has 0 aliphatic heterocycles. The fourth-order valence-electron chi connectivity index (χ4n) is 2.12. The lowest BCUT2D eigenvalue weighted by molar-refractivity contribution is 0.301. The maximum Gasteiger partial charge on any atom is 0.129 e. The van der Waals surface area contributed by atoms with Gasteiger partial charge in [0.25, 0.3) is 0 Å². The Morgan fingerprint density at radius 2 is 1.19 bits per heavy atom. The number of hydrogen-bond acceptors (Lipinski definition) is 2. The molecule has 0 saturated carbocycles. The minimum absolute atomic E-state index is 0.831. The molecule has 0 N–H and O–H groups in total. The van der Waals surface area contributed by atoms with Gasteiger partial charge in [-0.2, -0.15) is 0 Å². The van der Waals surface area contributed by atoms with E-state index in [2.05, 4.69) is 67.1 Å². The van der Waals surface area contributed by atoms with Crippen molar-refractivity contribution in [2.24, 2.45) is 10.3 Å². The van der Waals surface area contributed by atoms with E-state index in [0.29, 0.717) is 0 Å². The summed E-state index contributed by atoms with van der Waals surface area (Å²) in [6, 6.07) is 15.9. The van der Waals surface area contributed by atoms with Crippen molar-refractivity contribution >= 4 is 13.8 Å². The Balaban J connectivity index is 2.04. The molecular weight excluding hydrogens is 346 g/mol. The van der Waals surface area contributed by atoms with Crippen LogP contribution in [0.1, 0.15) is 30.5 Å². The van der Waals surface area contributed by atoms with Crippen LogP contribution in [-0.4, -0.2) is 26.2 Å². The first-order chi connectivity index (χ1) is 12.9. The molecule has 0 radical (unpaired) electrons. The van der Waals surface area contributed by atoms with E-state index in [1.165, 1.54) is 0 Å². The van der Waals surface area contributed by atoms with Crippen LogP contribution < -0.4 is 0 Å². The highest BCUT2D eigenvalue weighted by Crippen LogP contribution is 2.14. The van der Waals surface area contributed by atoms with Gasteiger partial charge in [-0.25, -0.2) is 0 Å². The fourth-order valence-corrected chi connectivity index (χ4v) is 2.64. The zero-order valence-electron chi connectivity index (χ0n) is 16.9. The van der Waals surface area contributed by atoms with Gasteiger partial charge in [0.15, 0.2) is 0 Å². The average Bonchev–Trinajstić information content (AvgIpc) is 2.66. The van der Waals surface area contributed by atoms with Gasteiger partial charge in [0.1, 0.15) is 8.07 Å². The van der Waals surface area contributed by atoms with Crippen molar-refractivity contribution in [1.82, 2.24) is 5.01 Å². The zero-order valence-corrected chi connectivity index (χ0v) is 17.9. The van der Waals surface area contributed by atoms with Crippen LogP contribution in [0.15, 0.2) is 58.9 Å². The van der Waals surface area contributed by atoms with Crippen LogP contribution in [0, 0.1) is 23.3 Å². The summed E-state index contributed by atoms with van der Waals surface area (Å²) < 4.78 is 0. The first-order valence-corrected chi connectivity index (χ1v) is 12.8. The third-order valence-electron chi connectivity index (χ3n) is 3.70. The summed E-state index contributed by atoms with van der Waals surface area (Å²) >= 11 is 0. The number of nitrogens with zero attached hydrogens (tertiary/aromatic N) is 3. The Bertz CT molecular complexity index is 880. The third kappa shape index (κ3) is 7.52. The maximum absolute atomic E-state index is 4.24. The predicted octanol–water partition coefficient (Wildman–Crippen LogP) is 5.66. The Kier molecular flexibility index (Phi) is 7.41. The minimum Gasteiger partial charge on any atom is -0.279 e. The largest absolute Gasteiger partial charge is 0.279 e. The number of benzene rings is 2. The Hall–Kier alpha value is -2.82. The second-order valence-corrected chi connectivity index (χ2v) is 12.0. The predicted molar refractivity (Wildman–Crippen MR) is 117 cm³/mol. The van der Waals surface area contributed by atoms with E-state index in [1.54, 1.807) is 0 Å². The summed E-state index contributed by atoms with van der Waals surface area (Å²) in [4.78, 5) is 0. The molecule has 3 nitrogen and oxygen atoms in total. The standard InChI is InChI=1S/C23H27N3Si/c1-6-26(7-2)25-24-23-16-14-21(15-17-23)9-8-20-10-12-22(13-11-20)18-19-27(3,4)5/h10-17H,6-7H2,1-5H3. The van der Waals surface area contributed by atoms with Gasteiger partial charge in [0, 0.05) is 29.8 Å². The highest BCUT2D eigenvalue weighted by molar-refractivity contribution is 6.83. The van der Waals surface area contributed by atoms with E-state index in [0.717, 1.165) is 35.5 Å². The molecule has 0 fully saturated rings. The molecule has 138 valence electrons. The van der Waals surface area contributed by atoms with Crippen molar-refractivity contribution in [3.05, 3.63) is 65.2 Å². The lowest BCUT2D eigenvalue weighted by Gasteiger charge is -2.10. The van der Waals surface area contributed by atoms with Crippen LogP contribution in [-0.2, 0) is 0 Å². The molecule has 0 atom stereocenters. The van der Waals surface area contributed by atoms with Crippen LogP contribution >= 0.6 is 0 Å². The summed E-state index contributed by atoms with van der Waals surface area (Å²) in [5, 5.41) is 10.4. The van der Waals surface area contributed by atoms with Crippen LogP contribution in [0.3, 0.4) is 0 Å². The molecule has 27 heavy (non-hydrogen) atoms. The molecule has 0 unspecified atom stereocenters. The molecule has 0 heterocycles. The van der Waals surface area contributed by atoms with Crippen LogP contribution in [0.5, 0.6) is 0 Å². The van der Waals surface area contributed by atoms with Crippen molar-refractivity contribution in [3.8, 4) is 23.3 Å². The lowest BCUT2D eigenvalue weighted by atomic mass is 10.1. The van der Waals surface area contributed by atoms with E-state index in [9.17, 15) is 0 Å². The van der Waals surface area contributed by atoms with Crippen molar-refractivity contribution in [2.75, 3.05) is 13.1 Å². The van der Waals surface area contributed by atoms with E-state index in [1.807, 2.05) is 53.5 Å². The molecule has 2 aromatic carbocycles. The molecular formula is C23H27N3Si. The van der Waals surface area contributed by atoms with Crippen LogP contribution in [0.2, 0.25) is 19.6 Å². The lowest BCUT2D eigenvalue weighted by Crippen LogP contribution is -2.16. The quantitative estimate of drug-likeness (QED) is 0.294. The maximum atomic E-state index is 4.24. The minimum atomic E-state index is -1.34. The topological polar surface area (TPSA) is 28.0 Å². The summed E-state index contributed by atoms with van der Waals surface area (Å²) in [6.07, 6.45) is 0. The molecule has 0 saturated heterocycles. The van der Waals surface area contributed by atoms with Crippen molar-refractivity contribution in [3.63, 3.8) is 0 Å². The normalized spacial score (nSPS) is 10.7. The van der Waals surface area contributed by atoms with Gasteiger partial charge < -0.3 is 0 Å². The van der Waals surface area contributed by atoms with Crippen molar-refractivity contribution in [1.29, 1.82) is 0 Å². The smallest absolute Gasteiger partial charge is 0.129 e. The van der Waals surface area contributed by atoms with E-state index in [4.69, 9.17) is 0 Å². The van der Waals surface area contributed by atoms with Gasteiger partial charge in [-0.15, -0.1) is 10.7 Å². The summed E-state index contributed by atoms with van der Waals surface area (Å²) in [5.74, 6) is 9.65. The average molecular weight is 374 g/mol. The monoisotopic (exact) mass is 373 g/mol. The van der Waals surface area contributed by atoms with E-state index >= 15 is 0 Å². The van der Waals surface area contributed by atoms with Crippen molar-refractivity contribution in [2.45, 2.75) is 33.5 Å². The number of hydrogen-bond donors (Lipinski definition) is 0. The zero-order chi connectivity index (χ0) is 19.7. The van der Waals surface area contributed by atoms with Crippen LogP contribution in [0.25, 0.3) is 0 Å². The molecule has 4 heteroatoms. The molecule has 2 rings (SSSR count). The SMILES string of the molecule is CCN(CC)N=Nc1ccc(C#Cc2ccc(C#C[Si](C)(C)C)cc2)cc1. The van der Waals surface area contributed by atoms with Gasteiger partial charge in [-0.1, -0.05) is 42.6 Å². The van der Waals surface area contributed by atoms with Gasteiger partial charge in [-0.3, -0.25) is 5.01 Å². The van der Waals surface area contributed by atoms with Crippen molar-refractivity contribution < 1.29 is 0 Å². The molecule has 0 bridgehead atoms. The molecule has 0 aliphatic rings. The highest BCUT2D eigenvalue weighted by Gasteiger charge is 2.07. The Morgan fingerprint density at radius 3 is 1.63 bits per heavy atom. The summed E-state index contributed by atoms with van der Waals surface area (Å²) in [6.45, 7) is 12.6. The van der Waals surface area contributed by atoms with Gasteiger partial charge in [-0.05, 0) is 62.4 Å². The highest BCUT2D eigenvalue weighted by atomic mass is 28.3. The van der Waals surface area contributed by atoms with Gasteiger partial charge in [0.2, 0.25) is 0 Å². The molecule has 0 amide bonds. The third-order valence-corrected chi connectivity index (χ3v) is 4.58. The van der Waals surface area contributed by atoms with E-state index < -0.39 is 8.07 Å². The summed E-state index contributed by atoms with van der Waals surface area (Å²) in [5.41, 5.74) is 7.20. The van der Waals surface area contributed by atoms with Gasteiger partial charge >= 0.3 is 0 Å². The Labute approximate surface area is 164 Å². The molecule has 2 aromatic rings. The number of rotatable bonds is 4. The molecule has 0 aliphatic carbocycles. The first kappa shape index (κ1) is 20.5. The molecule has 0 spiro atoms.